The molecule has 0 bridgehead atoms. The zero-order valence-corrected chi connectivity index (χ0v) is 16.4. The van der Waals surface area contributed by atoms with E-state index in [1.165, 1.54) is 7.11 Å². The van der Waals surface area contributed by atoms with Crippen molar-refractivity contribution in [3.8, 4) is 0 Å². The molecule has 1 heterocycles. The van der Waals surface area contributed by atoms with Crippen molar-refractivity contribution in [1.82, 2.24) is 4.90 Å². The Morgan fingerprint density at radius 2 is 1.92 bits per heavy atom. The normalized spacial score (nSPS) is 18.0. The molecule has 1 saturated heterocycles. The number of carbonyl (C=O) groups excluding carboxylic acids is 2. The highest BCUT2D eigenvalue weighted by molar-refractivity contribution is 9.10. The highest BCUT2D eigenvalue weighted by Crippen LogP contribution is 2.24. The second-order valence-corrected chi connectivity index (χ2v) is 7.22. The Labute approximate surface area is 161 Å². The molecule has 0 aromatic heterocycles. The summed E-state index contributed by atoms with van der Waals surface area (Å²) in [5.74, 6) is -0.247. The second-order valence-electron chi connectivity index (χ2n) is 6.30. The van der Waals surface area contributed by atoms with Gasteiger partial charge in [-0.3, -0.25) is 9.69 Å². The van der Waals surface area contributed by atoms with Crippen molar-refractivity contribution < 1.29 is 14.3 Å². The highest BCUT2D eigenvalue weighted by atomic mass is 79.9. The summed E-state index contributed by atoms with van der Waals surface area (Å²) < 4.78 is 5.68. The third kappa shape index (κ3) is 3.97. The van der Waals surface area contributed by atoms with E-state index in [1.54, 1.807) is 12.1 Å². The molecule has 26 heavy (non-hydrogen) atoms. The predicted octanol–water partition coefficient (Wildman–Crippen LogP) is 3.47. The second kappa shape index (κ2) is 8.01. The van der Waals surface area contributed by atoms with E-state index in [1.807, 2.05) is 48.2 Å². The van der Waals surface area contributed by atoms with Crippen LogP contribution in [0.25, 0.3) is 0 Å². The summed E-state index contributed by atoms with van der Waals surface area (Å²) in [6.45, 7) is 4.05. The maximum atomic E-state index is 12.8. The summed E-state index contributed by atoms with van der Waals surface area (Å²) in [5.41, 5.74) is 2.51. The maximum Gasteiger partial charge on any atom is 0.337 e. The SMILES string of the molecule is COC(=O)c1ccc(CN2CCN(c3cccc(Br)c3)C(=O)[C@@H]2C)cc1. The Bertz CT molecular complexity index is 807. The first kappa shape index (κ1) is 18.6. The van der Waals surface area contributed by atoms with Crippen molar-refractivity contribution in [3.05, 3.63) is 64.1 Å². The van der Waals surface area contributed by atoms with Crippen LogP contribution in [-0.4, -0.2) is 43.0 Å². The van der Waals surface area contributed by atoms with E-state index in [9.17, 15) is 9.59 Å². The molecule has 1 amide bonds. The molecule has 6 heteroatoms. The molecule has 1 aliphatic heterocycles. The molecule has 1 aliphatic rings. The van der Waals surface area contributed by atoms with Gasteiger partial charge < -0.3 is 9.64 Å². The number of hydrogen-bond donors (Lipinski definition) is 0. The van der Waals surface area contributed by atoms with E-state index in [0.29, 0.717) is 18.7 Å². The van der Waals surface area contributed by atoms with Crippen molar-refractivity contribution in [2.45, 2.75) is 19.5 Å². The Kier molecular flexibility index (Phi) is 5.74. The van der Waals surface area contributed by atoms with Gasteiger partial charge in [0.1, 0.15) is 0 Å². The molecule has 0 N–H and O–H groups in total. The number of piperazine rings is 1. The van der Waals surface area contributed by atoms with Crippen molar-refractivity contribution in [3.63, 3.8) is 0 Å². The van der Waals surface area contributed by atoms with Gasteiger partial charge in [0.15, 0.2) is 0 Å². The first-order valence-corrected chi connectivity index (χ1v) is 9.27. The Balaban J connectivity index is 1.68. The smallest absolute Gasteiger partial charge is 0.337 e. The average Bonchev–Trinajstić information content (AvgIpc) is 2.65. The topological polar surface area (TPSA) is 49.9 Å². The van der Waals surface area contributed by atoms with Crippen LogP contribution in [0.2, 0.25) is 0 Å². The number of esters is 1. The lowest BCUT2D eigenvalue weighted by Gasteiger charge is -2.39. The fraction of sp³-hybridized carbons (Fsp3) is 0.300. The number of carbonyl (C=O) groups is 2. The lowest BCUT2D eigenvalue weighted by molar-refractivity contribution is -0.125. The first-order chi connectivity index (χ1) is 12.5. The van der Waals surface area contributed by atoms with Crippen LogP contribution < -0.4 is 4.90 Å². The van der Waals surface area contributed by atoms with Gasteiger partial charge >= 0.3 is 5.97 Å². The molecule has 0 spiro atoms. The molecule has 0 radical (unpaired) electrons. The number of methoxy groups -OCH3 is 1. The van der Waals surface area contributed by atoms with Crippen LogP contribution in [0, 0.1) is 0 Å². The largest absolute Gasteiger partial charge is 0.465 e. The van der Waals surface area contributed by atoms with Crippen molar-refractivity contribution in [2.24, 2.45) is 0 Å². The molecule has 1 fully saturated rings. The van der Waals surface area contributed by atoms with Crippen LogP contribution in [-0.2, 0) is 16.1 Å². The van der Waals surface area contributed by atoms with Gasteiger partial charge in [0.05, 0.1) is 18.7 Å². The fourth-order valence-corrected chi connectivity index (χ4v) is 3.52. The molecule has 3 rings (SSSR count). The van der Waals surface area contributed by atoms with Crippen LogP contribution in [0.3, 0.4) is 0 Å². The van der Waals surface area contributed by atoms with Crippen LogP contribution in [0.1, 0.15) is 22.8 Å². The molecule has 2 aromatic rings. The van der Waals surface area contributed by atoms with Gasteiger partial charge in [-0.05, 0) is 42.8 Å². The standard InChI is InChI=1S/C20H21BrN2O3/c1-14-19(24)23(18-5-3-4-17(21)12-18)11-10-22(14)13-15-6-8-16(9-7-15)20(25)26-2/h3-9,12,14H,10-11,13H2,1-2H3/t14-/m0/s1. The summed E-state index contributed by atoms with van der Waals surface area (Å²) in [5, 5.41) is 0. The van der Waals surface area contributed by atoms with Gasteiger partial charge in [-0.15, -0.1) is 0 Å². The zero-order chi connectivity index (χ0) is 18.7. The number of hydrogen-bond acceptors (Lipinski definition) is 4. The lowest BCUT2D eigenvalue weighted by atomic mass is 10.1. The van der Waals surface area contributed by atoms with Crippen molar-refractivity contribution in [2.75, 3.05) is 25.1 Å². The number of amides is 1. The quantitative estimate of drug-likeness (QED) is 0.715. The predicted molar refractivity (Wildman–Crippen MR) is 104 cm³/mol. The molecule has 0 aliphatic carbocycles. The Morgan fingerprint density at radius 1 is 1.19 bits per heavy atom. The minimum Gasteiger partial charge on any atom is -0.465 e. The van der Waals surface area contributed by atoms with E-state index in [0.717, 1.165) is 22.3 Å². The van der Waals surface area contributed by atoms with Gasteiger partial charge in [-0.1, -0.05) is 34.1 Å². The van der Waals surface area contributed by atoms with Crippen LogP contribution >= 0.6 is 15.9 Å². The summed E-state index contributed by atoms with van der Waals surface area (Å²) in [7, 11) is 1.37. The molecule has 5 nitrogen and oxygen atoms in total. The molecule has 0 saturated carbocycles. The number of anilines is 1. The molecule has 1 atom stereocenters. The van der Waals surface area contributed by atoms with Crippen LogP contribution in [0.15, 0.2) is 53.0 Å². The number of rotatable bonds is 4. The minimum atomic E-state index is -0.345. The van der Waals surface area contributed by atoms with Gasteiger partial charge in [-0.25, -0.2) is 4.79 Å². The van der Waals surface area contributed by atoms with Gasteiger partial charge in [0.2, 0.25) is 5.91 Å². The molecular formula is C20H21BrN2O3. The zero-order valence-electron chi connectivity index (χ0n) is 14.8. The minimum absolute atomic E-state index is 0.0977. The Morgan fingerprint density at radius 3 is 2.58 bits per heavy atom. The summed E-state index contributed by atoms with van der Waals surface area (Å²) in [6.07, 6.45) is 0. The summed E-state index contributed by atoms with van der Waals surface area (Å²) in [6, 6.07) is 14.9. The Hall–Kier alpha value is -2.18. The van der Waals surface area contributed by atoms with Gasteiger partial charge in [-0.2, -0.15) is 0 Å². The molecule has 0 unspecified atom stereocenters. The first-order valence-electron chi connectivity index (χ1n) is 8.48. The number of benzene rings is 2. The van der Waals surface area contributed by atoms with E-state index in [-0.39, 0.29) is 17.9 Å². The third-order valence-electron chi connectivity index (χ3n) is 4.66. The van der Waals surface area contributed by atoms with Crippen LogP contribution in [0.5, 0.6) is 0 Å². The van der Waals surface area contributed by atoms with E-state index < -0.39 is 0 Å². The third-order valence-corrected chi connectivity index (χ3v) is 5.16. The maximum absolute atomic E-state index is 12.8. The number of ether oxygens (including phenoxy) is 1. The van der Waals surface area contributed by atoms with Gasteiger partial charge in [0, 0.05) is 29.8 Å². The number of nitrogens with zero attached hydrogens (tertiary/aromatic N) is 2. The highest BCUT2D eigenvalue weighted by Gasteiger charge is 2.32. The van der Waals surface area contributed by atoms with Gasteiger partial charge in [0.25, 0.3) is 0 Å². The molecule has 136 valence electrons. The lowest BCUT2D eigenvalue weighted by Crippen LogP contribution is -2.55. The van der Waals surface area contributed by atoms with Crippen LogP contribution in [0.4, 0.5) is 5.69 Å². The molecular weight excluding hydrogens is 396 g/mol. The number of halogens is 1. The monoisotopic (exact) mass is 416 g/mol. The summed E-state index contributed by atoms with van der Waals surface area (Å²) in [4.78, 5) is 28.3. The fourth-order valence-electron chi connectivity index (χ4n) is 3.13. The van der Waals surface area contributed by atoms with Crippen molar-refractivity contribution in [1.29, 1.82) is 0 Å². The van der Waals surface area contributed by atoms with E-state index in [4.69, 9.17) is 4.74 Å². The van der Waals surface area contributed by atoms with E-state index >= 15 is 0 Å². The summed E-state index contributed by atoms with van der Waals surface area (Å²) >= 11 is 3.46. The molecule has 2 aromatic carbocycles. The van der Waals surface area contributed by atoms with Crippen molar-refractivity contribution >= 4 is 33.5 Å². The van der Waals surface area contributed by atoms with E-state index in [2.05, 4.69) is 20.8 Å². The average molecular weight is 417 g/mol.